The summed E-state index contributed by atoms with van der Waals surface area (Å²) in [6.45, 7) is 11.5. The second kappa shape index (κ2) is 6.63. The number of carbonyl (C=O) groups is 1. The van der Waals surface area contributed by atoms with Gasteiger partial charge in [-0.25, -0.2) is 0 Å². The number of hydrogen-bond donors (Lipinski definition) is 1. The maximum atomic E-state index is 11.1. The lowest BCUT2D eigenvalue weighted by Crippen LogP contribution is -2.30. The molecule has 0 aromatic carbocycles. The molecule has 0 aromatic rings. The van der Waals surface area contributed by atoms with Crippen LogP contribution < -0.4 is 5.32 Å². The van der Waals surface area contributed by atoms with Crippen molar-refractivity contribution < 1.29 is 4.79 Å². The van der Waals surface area contributed by atoms with E-state index in [0.717, 1.165) is 6.54 Å². The Labute approximate surface area is 87.8 Å². The first kappa shape index (κ1) is 13.2. The normalized spacial score (nSPS) is 15.9. The van der Waals surface area contributed by atoms with Gasteiger partial charge in [-0.05, 0) is 30.8 Å². The maximum absolute atomic E-state index is 11.1. The van der Waals surface area contributed by atoms with Gasteiger partial charge in [-0.15, -0.1) is 0 Å². The number of allylic oxidation sites excluding steroid dienone is 1. The minimum atomic E-state index is 0.00954. The van der Waals surface area contributed by atoms with Crippen LogP contribution in [0.25, 0.3) is 0 Å². The van der Waals surface area contributed by atoms with E-state index in [-0.39, 0.29) is 5.91 Å². The zero-order valence-corrected chi connectivity index (χ0v) is 10.0. The highest BCUT2D eigenvalue weighted by molar-refractivity contribution is 5.87. The summed E-state index contributed by atoms with van der Waals surface area (Å²) in [5, 5.41) is 2.89. The lowest BCUT2D eigenvalue weighted by molar-refractivity contribution is -0.116. The highest BCUT2D eigenvalue weighted by Crippen LogP contribution is 2.18. The Morgan fingerprint density at radius 1 is 1.29 bits per heavy atom. The number of rotatable bonds is 5. The van der Waals surface area contributed by atoms with Gasteiger partial charge in [0.25, 0.3) is 0 Å². The van der Waals surface area contributed by atoms with Gasteiger partial charge in [0, 0.05) is 6.54 Å². The molecule has 0 saturated carbocycles. The average molecular weight is 197 g/mol. The second-order valence-electron chi connectivity index (χ2n) is 4.33. The molecule has 2 atom stereocenters. The fourth-order valence-electron chi connectivity index (χ4n) is 1.31. The molecule has 1 amide bonds. The van der Waals surface area contributed by atoms with Gasteiger partial charge < -0.3 is 5.32 Å². The highest BCUT2D eigenvalue weighted by atomic mass is 16.1. The molecule has 2 unspecified atom stereocenters. The predicted octanol–water partition coefficient (Wildman–Crippen LogP) is 2.61. The van der Waals surface area contributed by atoms with E-state index in [1.54, 1.807) is 12.2 Å². The van der Waals surface area contributed by atoms with Crippen molar-refractivity contribution in [3.8, 4) is 0 Å². The van der Waals surface area contributed by atoms with E-state index in [2.05, 4.69) is 33.0 Å². The summed E-state index contributed by atoms with van der Waals surface area (Å²) < 4.78 is 0. The molecule has 0 bridgehead atoms. The van der Waals surface area contributed by atoms with Gasteiger partial charge in [-0.3, -0.25) is 4.79 Å². The van der Waals surface area contributed by atoms with Crippen molar-refractivity contribution in [3.05, 3.63) is 12.2 Å². The van der Waals surface area contributed by atoms with Crippen LogP contribution in [-0.2, 0) is 4.79 Å². The van der Waals surface area contributed by atoms with Crippen molar-refractivity contribution in [2.24, 2.45) is 17.8 Å². The molecule has 0 aromatic heterocycles. The molecular weight excluding hydrogens is 174 g/mol. The third kappa shape index (κ3) is 5.05. The standard InChI is InChI=1S/C12H23NO/c1-6-7-12(14)13-8-10(4)11(5)9(2)3/h6-7,9-11H,8H2,1-5H3,(H,13,14)/b7-6+. The van der Waals surface area contributed by atoms with Crippen LogP contribution in [0.4, 0.5) is 0 Å². The van der Waals surface area contributed by atoms with Crippen LogP contribution in [0.5, 0.6) is 0 Å². The quantitative estimate of drug-likeness (QED) is 0.674. The number of hydrogen-bond acceptors (Lipinski definition) is 1. The molecule has 14 heavy (non-hydrogen) atoms. The Kier molecular flexibility index (Phi) is 6.26. The molecule has 0 heterocycles. The van der Waals surface area contributed by atoms with Crippen LogP contribution >= 0.6 is 0 Å². The van der Waals surface area contributed by atoms with Gasteiger partial charge in [-0.2, -0.15) is 0 Å². The van der Waals surface area contributed by atoms with E-state index in [9.17, 15) is 4.79 Å². The Balaban J connectivity index is 3.84. The molecule has 82 valence electrons. The third-order valence-corrected chi connectivity index (χ3v) is 2.87. The first-order valence-electron chi connectivity index (χ1n) is 5.39. The summed E-state index contributed by atoms with van der Waals surface area (Å²) in [7, 11) is 0. The Bertz CT molecular complexity index is 196. The molecule has 0 aliphatic heterocycles. The topological polar surface area (TPSA) is 29.1 Å². The van der Waals surface area contributed by atoms with Crippen molar-refractivity contribution in [1.29, 1.82) is 0 Å². The lowest BCUT2D eigenvalue weighted by Gasteiger charge is -2.23. The van der Waals surface area contributed by atoms with E-state index in [1.807, 2.05) is 6.92 Å². The molecule has 2 heteroatoms. The first-order valence-corrected chi connectivity index (χ1v) is 5.39. The van der Waals surface area contributed by atoms with Crippen LogP contribution in [-0.4, -0.2) is 12.5 Å². The fourth-order valence-corrected chi connectivity index (χ4v) is 1.31. The molecule has 0 spiro atoms. The van der Waals surface area contributed by atoms with Crippen molar-refractivity contribution >= 4 is 5.91 Å². The van der Waals surface area contributed by atoms with Gasteiger partial charge in [-0.1, -0.05) is 33.8 Å². The number of amides is 1. The van der Waals surface area contributed by atoms with Crippen molar-refractivity contribution in [3.63, 3.8) is 0 Å². The van der Waals surface area contributed by atoms with Gasteiger partial charge in [0.15, 0.2) is 0 Å². The Hall–Kier alpha value is -0.790. The minimum Gasteiger partial charge on any atom is -0.352 e. The Morgan fingerprint density at radius 2 is 1.86 bits per heavy atom. The number of carbonyl (C=O) groups excluding carboxylic acids is 1. The zero-order valence-electron chi connectivity index (χ0n) is 10.0. The third-order valence-electron chi connectivity index (χ3n) is 2.87. The van der Waals surface area contributed by atoms with Gasteiger partial charge >= 0.3 is 0 Å². The maximum Gasteiger partial charge on any atom is 0.243 e. The monoisotopic (exact) mass is 197 g/mol. The molecule has 1 N–H and O–H groups in total. The smallest absolute Gasteiger partial charge is 0.243 e. The van der Waals surface area contributed by atoms with E-state index < -0.39 is 0 Å². The molecule has 0 fully saturated rings. The van der Waals surface area contributed by atoms with E-state index >= 15 is 0 Å². The summed E-state index contributed by atoms with van der Waals surface area (Å²) >= 11 is 0. The van der Waals surface area contributed by atoms with Crippen LogP contribution in [0.3, 0.4) is 0 Å². The van der Waals surface area contributed by atoms with E-state index in [4.69, 9.17) is 0 Å². The van der Waals surface area contributed by atoms with Gasteiger partial charge in [0.2, 0.25) is 5.91 Å². The average Bonchev–Trinajstić information content (AvgIpc) is 2.13. The molecule has 0 saturated heterocycles. The highest BCUT2D eigenvalue weighted by Gasteiger charge is 2.15. The van der Waals surface area contributed by atoms with Crippen LogP contribution in [0, 0.1) is 17.8 Å². The van der Waals surface area contributed by atoms with Gasteiger partial charge in [0.05, 0.1) is 0 Å². The molecule has 0 aliphatic rings. The van der Waals surface area contributed by atoms with Crippen molar-refractivity contribution in [1.82, 2.24) is 5.32 Å². The largest absolute Gasteiger partial charge is 0.352 e. The van der Waals surface area contributed by atoms with Crippen molar-refractivity contribution in [2.45, 2.75) is 34.6 Å². The summed E-state index contributed by atoms with van der Waals surface area (Å²) in [5.74, 6) is 1.85. The molecular formula is C12H23NO. The van der Waals surface area contributed by atoms with E-state index in [1.165, 1.54) is 0 Å². The predicted molar refractivity (Wildman–Crippen MR) is 61.0 cm³/mol. The number of nitrogens with one attached hydrogen (secondary N) is 1. The summed E-state index contributed by atoms with van der Waals surface area (Å²) in [4.78, 5) is 11.1. The molecule has 0 rings (SSSR count). The lowest BCUT2D eigenvalue weighted by atomic mass is 9.86. The second-order valence-corrected chi connectivity index (χ2v) is 4.33. The van der Waals surface area contributed by atoms with Crippen LogP contribution in [0.1, 0.15) is 34.6 Å². The SMILES string of the molecule is C/C=C/C(=O)NCC(C)C(C)C(C)C. The first-order chi connectivity index (χ1) is 6.49. The molecule has 0 aliphatic carbocycles. The van der Waals surface area contributed by atoms with E-state index in [0.29, 0.717) is 17.8 Å². The summed E-state index contributed by atoms with van der Waals surface area (Å²) in [5.41, 5.74) is 0. The summed E-state index contributed by atoms with van der Waals surface area (Å²) in [6.07, 6.45) is 3.32. The summed E-state index contributed by atoms with van der Waals surface area (Å²) in [6, 6.07) is 0. The minimum absolute atomic E-state index is 0.00954. The van der Waals surface area contributed by atoms with Gasteiger partial charge in [0.1, 0.15) is 0 Å². The Morgan fingerprint density at radius 3 is 2.29 bits per heavy atom. The fraction of sp³-hybridized carbons (Fsp3) is 0.750. The molecule has 2 nitrogen and oxygen atoms in total. The van der Waals surface area contributed by atoms with Crippen molar-refractivity contribution in [2.75, 3.05) is 6.54 Å². The van der Waals surface area contributed by atoms with Crippen LogP contribution in [0.2, 0.25) is 0 Å². The molecule has 0 radical (unpaired) electrons. The van der Waals surface area contributed by atoms with Crippen LogP contribution in [0.15, 0.2) is 12.2 Å². The zero-order chi connectivity index (χ0) is 11.1.